The van der Waals surface area contributed by atoms with Crippen LogP contribution >= 0.6 is 0 Å². The fraction of sp³-hybridized carbons (Fsp3) is 0.643. The number of rotatable bonds is 22. The van der Waals surface area contributed by atoms with Crippen molar-refractivity contribution in [2.75, 3.05) is 65.8 Å². The minimum absolute atomic E-state index is 0.0467. The van der Waals surface area contributed by atoms with Crippen LogP contribution in [0.4, 0.5) is 0 Å². The van der Waals surface area contributed by atoms with Crippen LogP contribution in [-0.2, 0) is 43.0 Å². The first-order valence-electron chi connectivity index (χ1n) is 14.4. The van der Waals surface area contributed by atoms with Gasteiger partial charge in [-0.1, -0.05) is 13.2 Å². The van der Waals surface area contributed by atoms with Gasteiger partial charge < -0.3 is 45.9 Å². The van der Waals surface area contributed by atoms with Crippen molar-refractivity contribution in [2.24, 2.45) is 5.73 Å². The van der Waals surface area contributed by atoms with Crippen molar-refractivity contribution in [3.63, 3.8) is 0 Å². The van der Waals surface area contributed by atoms with E-state index in [9.17, 15) is 44.1 Å². The molecule has 0 aromatic carbocycles. The molecule has 3 atom stereocenters. The molecule has 252 valence electrons. The maximum Gasteiger partial charge on any atom is 0.256 e. The van der Waals surface area contributed by atoms with Gasteiger partial charge in [0.05, 0.1) is 64.2 Å². The summed E-state index contributed by atoms with van der Waals surface area (Å²) in [6.07, 6.45) is -4.27. The van der Waals surface area contributed by atoms with Crippen LogP contribution < -0.4 is 16.4 Å². The average molecular weight is 642 g/mol. The van der Waals surface area contributed by atoms with Crippen molar-refractivity contribution in [3.05, 3.63) is 24.3 Å². The van der Waals surface area contributed by atoms with Crippen LogP contribution in [0, 0.1) is 0 Å². The van der Waals surface area contributed by atoms with Gasteiger partial charge in [0.15, 0.2) is 0 Å². The highest BCUT2D eigenvalue weighted by Crippen LogP contribution is 2.17. The third kappa shape index (κ3) is 13.1. The summed E-state index contributed by atoms with van der Waals surface area (Å²) >= 11 is 0. The van der Waals surface area contributed by atoms with Gasteiger partial charge in [0.1, 0.15) is 6.10 Å². The Morgan fingerprint density at radius 1 is 0.733 bits per heavy atom. The number of carbonyl (C=O) groups excluding carboxylic acids is 6. The first-order valence-corrected chi connectivity index (χ1v) is 14.4. The fourth-order valence-electron chi connectivity index (χ4n) is 4.08. The highest BCUT2D eigenvalue weighted by Gasteiger charge is 2.33. The summed E-state index contributed by atoms with van der Waals surface area (Å²) in [6.45, 7) is 5.79. The Bertz CT molecular complexity index is 1040. The molecule has 7 N–H and O–H groups in total. The Morgan fingerprint density at radius 2 is 1.16 bits per heavy atom. The number of carbonyl (C=O) groups is 6. The predicted molar refractivity (Wildman–Crippen MR) is 155 cm³/mol. The third-order valence-corrected chi connectivity index (χ3v) is 6.65. The molecule has 0 saturated carbocycles. The molecule has 0 bridgehead atoms. The minimum atomic E-state index is -1.09. The monoisotopic (exact) mass is 641 g/mol. The Labute approximate surface area is 260 Å². The van der Waals surface area contributed by atoms with Crippen LogP contribution in [0.25, 0.3) is 0 Å². The SMILES string of the molecule is C=C1CC(=O)N(CCC(=O)NCC(O)COCC(COCC(O)CNC(=O)CCN2C(=O)CC(=C)C2=O)OCC(O)CN)C1=O. The van der Waals surface area contributed by atoms with Gasteiger partial charge in [0.2, 0.25) is 23.6 Å². The van der Waals surface area contributed by atoms with Crippen LogP contribution in [0.5, 0.6) is 0 Å². The maximum atomic E-state index is 12.1. The van der Waals surface area contributed by atoms with E-state index in [4.69, 9.17) is 19.9 Å². The van der Waals surface area contributed by atoms with Crippen LogP contribution in [0.2, 0.25) is 0 Å². The van der Waals surface area contributed by atoms with Crippen molar-refractivity contribution in [2.45, 2.75) is 50.1 Å². The third-order valence-electron chi connectivity index (χ3n) is 6.65. The number of nitrogens with one attached hydrogen (secondary N) is 2. The first-order chi connectivity index (χ1) is 21.3. The van der Waals surface area contributed by atoms with Crippen LogP contribution in [0.15, 0.2) is 24.3 Å². The summed E-state index contributed by atoms with van der Waals surface area (Å²) in [6, 6.07) is 0. The van der Waals surface area contributed by atoms with E-state index in [1.165, 1.54) is 0 Å². The number of ether oxygens (including phenoxy) is 3. The van der Waals surface area contributed by atoms with Crippen LogP contribution in [0.1, 0.15) is 25.7 Å². The summed E-state index contributed by atoms with van der Waals surface area (Å²) in [5.74, 6) is -2.79. The molecule has 0 aromatic rings. The molecule has 17 heteroatoms. The molecule has 3 unspecified atom stereocenters. The quantitative estimate of drug-likeness (QED) is 0.0489. The van der Waals surface area contributed by atoms with E-state index >= 15 is 0 Å². The summed E-state index contributed by atoms with van der Waals surface area (Å²) in [5.41, 5.74) is 5.75. The summed E-state index contributed by atoms with van der Waals surface area (Å²) < 4.78 is 16.5. The number of nitrogens with two attached hydrogens (primary N) is 1. The second-order valence-corrected chi connectivity index (χ2v) is 10.6. The molecular weight excluding hydrogens is 598 g/mol. The molecule has 0 spiro atoms. The number of hydrogen-bond donors (Lipinski definition) is 6. The molecule has 2 aliphatic heterocycles. The van der Waals surface area contributed by atoms with E-state index < -0.39 is 59.9 Å². The van der Waals surface area contributed by atoms with Gasteiger partial charge in [-0.2, -0.15) is 0 Å². The van der Waals surface area contributed by atoms with Gasteiger partial charge in [0, 0.05) is 56.7 Å². The smallest absolute Gasteiger partial charge is 0.256 e. The zero-order valence-corrected chi connectivity index (χ0v) is 25.1. The second kappa shape index (κ2) is 19.1. The molecular formula is C28H43N5O12. The predicted octanol–water partition coefficient (Wildman–Crippen LogP) is -3.91. The first kappa shape index (κ1) is 37.6. The molecule has 2 fully saturated rings. The molecule has 0 aromatic heterocycles. The van der Waals surface area contributed by atoms with Gasteiger partial charge in [-0.3, -0.25) is 38.6 Å². The lowest BCUT2D eigenvalue weighted by molar-refractivity contribution is -0.140. The lowest BCUT2D eigenvalue weighted by atomic mass is 10.3. The molecule has 45 heavy (non-hydrogen) atoms. The Morgan fingerprint density at radius 3 is 1.51 bits per heavy atom. The molecule has 0 aliphatic carbocycles. The van der Waals surface area contributed by atoms with Crippen molar-refractivity contribution in [3.8, 4) is 0 Å². The van der Waals surface area contributed by atoms with Crippen molar-refractivity contribution in [1.82, 2.24) is 20.4 Å². The molecule has 2 rings (SSSR count). The lowest BCUT2D eigenvalue weighted by Crippen LogP contribution is -2.39. The molecule has 17 nitrogen and oxygen atoms in total. The molecule has 0 radical (unpaired) electrons. The molecule has 2 aliphatic rings. The van der Waals surface area contributed by atoms with Crippen molar-refractivity contribution < 1.29 is 58.3 Å². The number of imide groups is 2. The Hall–Kier alpha value is -3.58. The van der Waals surface area contributed by atoms with Crippen molar-refractivity contribution in [1.29, 1.82) is 0 Å². The fourth-order valence-corrected chi connectivity index (χ4v) is 4.08. The average Bonchev–Trinajstić information content (AvgIpc) is 3.39. The molecule has 2 heterocycles. The number of aliphatic hydroxyl groups excluding tert-OH is 3. The second-order valence-electron chi connectivity index (χ2n) is 10.6. The van der Waals surface area contributed by atoms with E-state index in [0.717, 1.165) is 9.80 Å². The Balaban J connectivity index is 1.64. The van der Waals surface area contributed by atoms with Gasteiger partial charge in [-0.05, 0) is 0 Å². The Kier molecular flexibility index (Phi) is 15.9. The minimum Gasteiger partial charge on any atom is -0.389 e. The maximum absolute atomic E-state index is 12.1. The van der Waals surface area contributed by atoms with Crippen LogP contribution in [-0.4, -0.2) is 151 Å². The standard InChI is InChI=1S/C28H43N5O12/c1-17-7-25(39)32(27(17)41)5-3-23(37)30-10-20(35)12-43-15-22(45-14-19(34)9-29)16-44-13-21(36)11-31-24(38)4-6-33-26(40)8-18(2)28(33)42/h19-22,34-36H,1-16,29H2,(H,30,37)(H,31,38). The largest absolute Gasteiger partial charge is 0.389 e. The number of likely N-dealkylation sites (tertiary alicyclic amines) is 2. The van der Waals surface area contributed by atoms with E-state index in [0.29, 0.717) is 0 Å². The van der Waals surface area contributed by atoms with E-state index in [1.54, 1.807) is 0 Å². The number of aliphatic hydroxyl groups is 3. The van der Waals surface area contributed by atoms with Crippen LogP contribution in [0.3, 0.4) is 0 Å². The van der Waals surface area contributed by atoms with Gasteiger partial charge in [-0.25, -0.2) is 0 Å². The summed E-state index contributed by atoms with van der Waals surface area (Å²) in [7, 11) is 0. The van der Waals surface area contributed by atoms with E-state index in [2.05, 4.69) is 23.8 Å². The number of amides is 6. The molecule has 6 amide bonds. The highest BCUT2D eigenvalue weighted by atomic mass is 16.6. The topological polar surface area (TPSA) is 247 Å². The van der Waals surface area contributed by atoms with Gasteiger partial charge in [-0.15, -0.1) is 0 Å². The highest BCUT2D eigenvalue weighted by molar-refractivity contribution is 6.13. The summed E-state index contributed by atoms with van der Waals surface area (Å²) in [5, 5.41) is 35.0. The zero-order valence-electron chi connectivity index (χ0n) is 25.1. The summed E-state index contributed by atoms with van der Waals surface area (Å²) in [4.78, 5) is 73.2. The van der Waals surface area contributed by atoms with Gasteiger partial charge in [0.25, 0.3) is 11.8 Å². The zero-order chi connectivity index (χ0) is 33.5. The lowest BCUT2D eigenvalue weighted by Gasteiger charge is -2.22. The van der Waals surface area contributed by atoms with Crippen molar-refractivity contribution >= 4 is 35.4 Å². The number of hydrogen-bond acceptors (Lipinski definition) is 13. The van der Waals surface area contributed by atoms with Gasteiger partial charge >= 0.3 is 0 Å². The van der Waals surface area contributed by atoms with E-state index in [1.807, 2.05) is 0 Å². The molecule has 2 saturated heterocycles. The number of nitrogens with zero attached hydrogens (tertiary/aromatic N) is 2. The van der Waals surface area contributed by atoms with E-state index in [-0.39, 0.29) is 103 Å². The normalized spacial score (nSPS) is 18.0.